The Morgan fingerprint density at radius 2 is 1.35 bits per heavy atom. The molecule has 20 heavy (non-hydrogen) atoms. The Hall–Kier alpha value is -1.24. The third-order valence-corrected chi connectivity index (χ3v) is 5.06. The second-order valence-corrected chi connectivity index (χ2v) is 6.38. The molecule has 0 saturated heterocycles. The molecule has 0 aliphatic rings. The Balaban J connectivity index is 1.72. The first-order valence-corrected chi connectivity index (χ1v) is 8.40. The largest absolute Gasteiger partial charge is 0.310 e. The number of tetrazole rings is 2. The number of rotatable bonds is 9. The molecule has 0 saturated carbocycles. The summed E-state index contributed by atoms with van der Waals surface area (Å²) in [6, 6.07) is 0.199. The van der Waals surface area contributed by atoms with Gasteiger partial charge in [0.15, 0.2) is 11.6 Å². The predicted molar refractivity (Wildman–Crippen MR) is 76.9 cm³/mol. The molecule has 2 rings (SSSR count). The summed E-state index contributed by atoms with van der Waals surface area (Å²) in [4.78, 5) is 0. The van der Waals surface area contributed by atoms with Gasteiger partial charge in [0.25, 0.3) is 0 Å². The van der Waals surface area contributed by atoms with Crippen molar-refractivity contribution in [3.8, 4) is 0 Å². The molecule has 2 heterocycles. The molecule has 2 aromatic heterocycles. The topological polar surface area (TPSA) is 133 Å². The fraction of sp³-hybridized carbons (Fsp3) is 0.750. The van der Waals surface area contributed by atoms with E-state index in [9.17, 15) is 0 Å². The molecule has 0 fully saturated rings. The van der Waals surface area contributed by atoms with Gasteiger partial charge in [0, 0.05) is 11.5 Å². The fourth-order valence-corrected chi connectivity index (χ4v) is 3.97. The zero-order valence-electron chi connectivity index (χ0n) is 11.1. The van der Waals surface area contributed by atoms with Gasteiger partial charge < -0.3 is 10.6 Å². The van der Waals surface area contributed by atoms with Crippen LogP contribution < -0.4 is 10.6 Å². The lowest BCUT2D eigenvalue weighted by atomic mass is 10.3. The molecule has 0 spiro atoms. The van der Waals surface area contributed by atoms with E-state index < -0.39 is 0 Å². The maximum Gasteiger partial charge on any atom is 0.166 e. The van der Waals surface area contributed by atoms with E-state index in [-0.39, 0.29) is 12.1 Å². The predicted octanol–water partition coefficient (Wildman–Crippen LogP) is -0.685. The van der Waals surface area contributed by atoms with Crippen LogP contribution in [0.25, 0.3) is 0 Å². The molecule has 10 nitrogen and oxygen atoms in total. The molecule has 12 heteroatoms. The van der Waals surface area contributed by atoms with Gasteiger partial charge in [0.2, 0.25) is 0 Å². The van der Waals surface area contributed by atoms with Crippen molar-refractivity contribution < 1.29 is 0 Å². The van der Waals surface area contributed by atoms with E-state index in [1.54, 1.807) is 21.6 Å². The zero-order chi connectivity index (χ0) is 14.2. The van der Waals surface area contributed by atoms with Gasteiger partial charge in [-0.3, -0.25) is 0 Å². The zero-order valence-corrected chi connectivity index (χ0v) is 12.7. The first-order valence-electron chi connectivity index (χ1n) is 5.91. The van der Waals surface area contributed by atoms with Crippen molar-refractivity contribution in [2.45, 2.75) is 12.1 Å². The van der Waals surface area contributed by atoms with Crippen LogP contribution in [0.2, 0.25) is 0 Å². The third-order valence-electron chi connectivity index (χ3n) is 2.63. The van der Waals surface area contributed by atoms with Crippen molar-refractivity contribution in [1.82, 2.24) is 51.9 Å². The second-order valence-electron chi connectivity index (χ2n) is 3.82. The summed E-state index contributed by atoms with van der Waals surface area (Å²) < 4.78 is 0. The van der Waals surface area contributed by atoms with Gasteiger partial charge in [-0.1, -0.05) is 21.6 Å². The molecule has 2 aromatic rings. The van der Waals surface area contributed by atoms with Crippen LogP contribution in [0.3, 0.4) is 0 Å². The van der Waals surface area contributed by atoms with Crippen LogP contribution in [0.5, 0.6) is 0 Å². The average molecular weight is 316 g/mol. The van der Waals surface area contributed by atoms with Crippen molar-refractivity contribution in [3.05, 3.63) is 11.6 Å². The van der Waals surface area contributed by atoms with Crippen LogP contribution in [0, 0.1) is 0 Å². The number of H-pyrrole nitrogens is 2. The standard InChI is InChI=1S/C8H16N10S2/c1-9-5(7-11-15-16-12-7)3-19-20-4-6(10-2)8-13-17-18-14-8/h5-6,9-10H,3-4H2,1-2H3,(H,11,12,15,16)(H,13,14,17,18)/t5-,6-/m0/s1. The number of nitrogens with one attached hydrogen (secondary N) is 4. The SMILES string of the molecule is CN[C@@H](CSSC[C@H](NC)c1nnn[nH]1)c1nnn[nH]1. The van der Waals surface area contributed by atoms with Gasteiger partial charge in [-0.05, 0) is 34.9 Å². The lowest BCUT2D eigenvalue weighted by Crippen LogP contribution is -2.21. The number of aromatic nitrogens is 8. The van der Waals surface area contributed by atoms with E-state index in [4.69, 9.17) is 0 Å². The van der Waals surface area contributed by atoms with E-state index in [2.05, 4.69) is 51.9 Å². The van der Waals surface area contributed by atoms with Crippen LogP contribution in [-0.2, 0) is 0 Å². The quantitative estimate of drug-likeness (QED) is 0.348. The van der Waals surface area contributed by atoms with Gasteiger partial charge in [-0.2, -0.15) is 0 Å². The summed E-state index contributed by atoms with van der Waals surface area (Å²) in [5, 5.41) is 34.0. The number of hydrogen-bond donors (Lipinski definition) is 4. The highest BCUT2D eigenvalue weighted by Crippen LogP contribution is 2.29. The maximum atomic E-state index is 3.91. The molecular weight excluding hydrogens is 300 g/mol. The Bertz CT molecular complexity index is 415. The van der Waals surface area contributed by atoms with Crippen molar-refractivity contribution in [2.75, 3.05) is 25.6 Å². The van der Waals surface area contributed by atoms with E-state index in [0.717, 1.165) is 23.2 Å². The minimum Gasteiger partial charge on any atom is -0.310 e. The van der Waals surface area contributed by atoms with Crippen molar-refractivity contribution in [1.29, 1.82) is 0 Å². The molecule has 0 unspecified atom stereocenters. The fourth-order valence-electron chi connectivity index (χ4n) is 1.46. The third kappa shape index (κ3) is 4.13. The molecule has 0 bridgehead atoms. The van der Waals surface area contributed by atoms with Gasteiger partial charge in [-0.25, -0.2) is 10.2 Å². The van der Waals surface area contributed by atoms with Crippen LogP contribution in [0.4, 0.5) is 0 Å². The number of hydrogen-bond acceptors (Lipinski definition) is 10. The van der Waals surface area contributed by atoms with Crippen LogP contribution in [0.15, 0.2) is 0 Å². The summed E-state index contributed by atoms with van der Waals surface area (Å²) in [6.07, 6.45) is 0. The Morgan fingerprint density at radius 1 is 0.900 bits per heavy atom. The van der Waals surface area contributed by atoms with E-state index in [0.29, 0.717) is 0 Å². The van der Waals surface area contributed by atoms with E-state index in [1.807, 2.05) is 14.1 Å². The summed E-state index contributed by atoms with van der Waals surface area (Å²) >= 11 is 0. The van der Waals surface area contributed by atoms with Crippen molar-refractivity contribution >= 4 is 21.6 Å². The molecule has 0 aliphatic carbocycles. The molecule has 0 amide bonds. The monoisotopic (exact) mass is 316 g/mol. The molecule has 0 radical (unpaired) electrons. The first kappa shape index (κ1) is 15.2. The van der Waals surface area contributed by atoms with Gasteiger partial charge in [0.1, 0.15) is 0 Å². The van der Waals surface area contributed by atoms with Gasteiger partial charge >= 0.3 is 0 Å². The minimum absolute atomic E-state index is 0.0995. The normalized spacial score (nSPS) is 14.3. The summed E-state index contributed by atoms with van der Waals surface area (Å²) in [7, 11) is 7.25. The van der Waals surface area contributed by atoms with Crippen molar-refractivity contribution in [2.24, 2.45) is 0 Å². The highest BCUT2D eigenvalue weighted by atomic mass is 33.1. The van der Waals surface area contributed by atoms with Gasteiger partial charge in [0.05, 0.1) is 12.1 Å². The van der Waals surface area contributed by atoms with E-state index >= 15 is 0 Å². The molecule has 110 valence electrons. The van der Waals surface area contributed by atoms with E-state index in [1.165, 1.54) is 0 Å². The highest BCUT2D eigenvalue weighted by molar-refractivity contribution is 8.76. The van der Waals surface area contributed by atoms with Crippen LogP contribution in [-0.4, -0.2) is 66.8 Å². The number of aromatic amines is 2. The number of nitrogens with zero attached hydrogens (tertiary/aromatic N) is 6. The second kappa shape index (κ2) is 8.14. The Morgan fingerprint density at radius 3 is 1.65 bits per heavy atom. The van der Waals surface area contributed by atoms with Crippen LogP contribution in [0.1, 0.15) is 23.7 Å². The summed E-state index contributed by atoms with van der Waals surface area (Å²) in [5.74, 6) is 3.18. The Labute approximate surface area is 123 Å². The van der Waals surface area contributed by atoms with Crippen LogP contribution >= 0.6 is 21.6 Å². The molecule has 2 atom stereocenters. The van der Waals surface area contributed by atoms with Crippen molar-refractivity contribution in [3.63, 3.8) is 0 Å². The first-order chi connectivity index (χ1) is 9.85. The average Bonchev–Trinajstić information content (AvgIpc) is 3.15. The maximum absolute atomic E-state index is 3.91. The molecule has 0 aliphatic heterocycles. The molecule has 4 N–H and O–H groups in total. The smallest absolute Gasteiger partial charge is 0.166 e. The minimum atomic E-state index is 0.0995. The lowest BCUT2D eigenvalue weighted by Gasteiger charge is -2.14. The molecular formula is C8H16N10S2. The highest BCUT2D eigenvalue weighted by Gasteiger charge is 2.16. The lowest BCUT2D eigenvalue weighted by molar-refractivity contribution is 0.619. The summed E-state index contributed by atoms with van der Waals surface area (Å²) in [5.41, 5.74) is 0. The molecule has 0 aromatic carbocycles. The Kier molecular flexibility index (Phi) is 6.17. The summed E-state index contributed by atoms with van der Waals surface area (Å²) in [6.45, 7) is 0. The van der Waals surface area contributed by atoms with Gasteiger partial charge in [-0.15, -0.1) is 10.2 Å².